The number of carbonyl (C=O) groups is 2. The fourth-order valence-corrected chi connectivity index (χ4v) is 2.09. The van der Waals surface area contributed by atoms with Crippen LogP contribution in [0.25, 0.3) is 0 Å². The third-order valence-electron chi connectivity index (χ3n) is 2.32. The average Bonchev–Trinajstić information content (AvgIpc) is 2.44. The van der Waals surface area contributed by atoms with Gasteiger partial charge in [0.2, 0.25) is 0 Å². The molecule has 0 spiro atoms. The van der Waals surface area contributed by atoms with Crippen molar-refractivity contribution < 1.29 is 19.2 Å². The van der Waals surface area contributed by atoms with Gasteiger partial charge in [-0.25, -0.2) is 0 Å². The first-order chi connectivity index (χ1) is 9.43. The lowest BCUT2D eigenvalue weighted by Crippen LogP contribution is -2.27. The van der Waals surface area contributed by atoms with E-state index in [9.17, 15) is 19.7 Å². The number of rotatable bonds is 6. The van der Waals surface area contributed by atoms with Crippen molar-refractivity contribution in [3.63, 3.8) is 0 Å². The summed E-state index contributed by atoms with van der Waals surface area (Å²) < 4.78 is 4.81. The van der Waals surface area contributed by atoms with E-state index in [1.807, 2.05) is 0 Å². The highest BCUT2D eigenvalue weighted by Gasteiger charge is 2.17. The van der Waals surface area contributed by atoms with Crippen LogP contribution in [0.3, 0.4) is 0 Å². The maximum absolute atomic E-state index is 11.6. The highest BCUT2D eigenvalue weighted by molar-refractivity contribution is 8.00. The number of likely N-dealkylation sites (N-methyl/N-ethyl adjacent to an activating group) is 1. The summed E-state index contributed by atoms with van der Waals surface area (Å²) in [6, 6.07) is 5.85. The molecular weight excluding hydrogens is 284 g/mol. The largest absolute Gasteiger partial charge is 0.455 e. The van der Waals surface area contributed by atoms with E-state index in [0.29, 0.717) is 4.90 Å². The van der Waals surface area contributed by atoms with Crippen LogP contribution in [-0.4, -0.2) is 35.7 Å². The Hall–Kier alpha value is -2.09. The van der Waals surface area contributed by atoms with Crippen LogP contribution in [-0.2, 0) is 14.3 Å². The average molecular weight is 298 g/mol. The zero-order chi connectivity index (χ0) is 15.1. The molecule has 1 aromatic carbocycles. The molecule has 0 unspecified atom stereocenters. The van der Waals surface area contributed by atoms with Crippen molar-refractivity contribution in [2.45, 2.75) is 17.1 Å². The van der Waals surface area contributed by atoms with Crippen LogP contribution >= 0.6 is 11.8 Å². The number of nitrogens with zero attached hydrogens (tertiary/aromatic N) is 1. The van der Waals surface area contributed by atoms with Crippen LogP contribution in [0.2, 0.25) is 0 Å². The summed E-state index contributed by atoms with van der Waals surface area (Å²) in [5.74, 6) is -0.900. The quantitative estimate of drug-likeness (QED) is 0.368. The number of esters is 1. The number of nitrogens with one attached hydrogen (secondary N) is 1. The van der Waals surface area contributed by atoms with Gasteiger partial charge in [0.05, 0.1) is 4.92 Å². The smallest absolute Gasteiger partial charge is 0.319 e. The maximum atomic E-state index is 11.6. The monoisotopic (exact) mass is 298 g/mol. The Bertz CT molecular complexity index is 503. The van der Waals surface area contributed by atoms with Gasteiger partial charge in [-0.2, -0.15) is 0 Å². The Morgan fingerprint density at radius 2 is 2.00 bits per heavy atom. The number of non-ortho nitro benzene ring substituents is 1. The van der Waals surface area contributed by atoms with E-state index in [1.54, 1.807) is 19.1 Å². The lowest BCUT2D eigenvalue weighted by molar-refractivity contribution is -0.384. The molecule has 0 saturated carbocycles. The summed E-state index contributed by atoms with van der Waals surface area (Å²) in [5.41, 5.74) is -0.0100. The summed E-state index contributed by atoms with van der Waals surface area (Å²) in [6.07, 6.45) is 0. The van der Waals surface area contributed by atoms with Crippen molar-refractivity contribution in [3.8, 4) is 0 Å². The van der Waals surface area contributed by atoms with Crippen molar-refractivity contribution in [2.75, 3.05) is 13.7 Å². The highest BCUT2D eigenvalue weighted by Crippen LogP contribution is 2.25. The molecule has 0 radical (unpaired) electrons. The molecule has 0 fully saturated rings. The molecule has 20 heavy (non-hydrogen) atoms. The molecule has 1 amide bonds. The molecule has 7 nitrogen and oxygen atoms in total. The van der Waals surface area contributed by atoms with Crippen molar-refractivity contribution in [2.24, 2.45) is 0 Å². The van der Waals surface area contributed by atoms with Gasteiger partial charge in [-0.3, -0.25) is 19.7 Å². The maximum Gasteiger partial charge on any atom is 0.319 e. The van der Waals surface area contributed by atoms with Crippen LogP contribution in [0.4, 0.5) is 5.69 Å². The molecule has 1 aromatic rings. The normalized spacial score (nSPS) is 11.5. The molecule has 1 N–H and O–H groups in total. The molecule has 1 rings (SSSR count). The molecule has 0 bridgehead atoms. The molecule has 0 heterocycles. The zero-order valence-corrected chi connectivity index (χ0v) is 11.8. The molecule has 8 heteroatoms. The van der Waals surface area contributed by atoms with Crippen molar-refractivity contribution in [3.05, 3.63) is 34.4 Å². The van der Waals surface area contributed by atoms with Gasteiger partial charge in [0, 0.05) is 24.1 Å². The predicted molar refractivity (Wildman–Crippen MR) is 73.4 cm³/mol. The topological polar surface area (TPSA) is 98.5 Å². The SMILES string of the molecule is CNC(=O)COC(=O)[C@@H](C)Sc1ccc([N+](=O)[O-])cc1. The number of nitro groups is 1. The number of amides is 1. The first-order valence-electron chi connectivity index (χ1n) is 5.72. The minimum atomic E-state index is -0.517. The highest BCUT2D eigenvalue weighted by atomic mass is 32.2. The van der Waals surface area contributed by atoms with Crippen LogP contribution in [0.15, 0.2) is 29.2 Å². The number of carbonyl (C=O) groups excluding carboxylic acids is 2. The van der Waals surface area contributed by atoms with Crippen LogP contribution in [0.1, 0.15) is 6.92 Å². The fourth-order valence-electron chi connectivity index (χ4n) is 1.22. The minimum absolute atomic E-state index is 0.0100. The summed E-state index contributed by atoms with van der Waals surface area (Å²) in [5, 5.41) is 12.3. The van der Waals surface area contributed by atoms with Crippen molar-refractivity contribution in [1.29, 1.82) is 0 Å². The minimum Gasteiger partial charge on any atom is -0.455 e. The Kier molecular flexibility index (Phi) is 5.98. The Morgan fingerprint density at radius 1 is 1.40 bits per heavy atom. The van der Waals surface area contributed by atoms with E-state index in [0.717, 1.165) is 0 Å². The van der Waals surface area contributed by atoms with Crippen LogP contribution in [0, 0.1) is 10.1 Å². The number of benzene rings is 1. The Morgan fingerprint density at radius 3 is 2.50 bits per heavy atom. The number of thioether (sulfide) groups is 1. The predicted octanol–water partition coefficient (Wildman–Crippen LogP) is 1.36. The number of ether oxygens (including phenoxy) is 1. The molecular formula is C12H14N2O5S. The van der Waals surface area contributed by atoms with E-state index in [1.165, 1.54) is 30.9 Å². The summed E-state index contributed by atoms with van der Waals surface area (Å²) >= 11 is 1.20. The number of nitro benzene ring substituents is 1. The van der Waals surface area contributed by atoms with Crippen LogP contribution in [0.5, 0.6) is 0 Å². The van der Waals surface area contributed by atoms with Crippen LogP contribution < -0.4 is 5.32 Å². The third-order valence-corrected chi connectivity index (χ3v) is 3.41. The molecule has 108 valence electrons. The van der Waals surface area contributed by atoms with E-state index in [2.05, 4.69) is 5.32 Å². The van der Waals surface area contributed by atoms with Crippen molar-refractivity contribution in [1.82, 2.24) is 5.32 Å². The second-order valence-corrected chi connectivity index (χ2v) is 5.21. The van der Waals surface area contributed by atoms with Gasteiger partial charge >= 0.3 is 5.97 Å². The number of hydrogen-bond donors (Lipinski definition) is 1. The Balaban J connectivity index is 2.52. The molecule has 0 aliphatic heterocycles. The van der Waals surface area contributed by atoms with Gasteiger partial charge in [-0.1, -0.05) is 0 Å². The summed E-state index contributed by atoms with van der Waals surface area (Å²) in [7, 11) is 1.45. The lowest BCUT2D eigenvalue weighted by Gasteiger charge is -2.10. The van der Waals surface area contributed by atoms with E-state index in [-0.39, 0.29) is 18.2 Å². The van der Waals surface area contributed by atoms with Gasteiger partial charge in [-0.15, -0.1) is 11.8 Å². The van der Waals surface area contributed by atoms with Gasteiger partial charge in [0.25, 0.3) is 11.6 Å². The summed E-state index contributed by atoms with van der Waals surface area (Å²) in [6.45, 7) is 1.32. The number of hydrogen-bond acceptors (Lipinski definition) is 6. The third kappa shape index (κ3) is 4.88. The van der Waals surface area contributed by atoms with Gasteiger partial charge < -0.3 is 10.1 Å². The van der Waals surface area contributed by atoms with Gasteiger partial charge in [0.15, 0.2) is 6.61 Å². The fraction of sp³-hybridized carbons (Fsp3) is 0.333. The molecule has 1 atom stereocenters. The van der Waals surface area contributed by atoms with E-state index < -0.39 is 16.1 Å². The second kappa shape index (κ2) is 7.49. The molecule has 0 aliphatic rings. The van der Waals surface area contributed by atoms with Crippen molar-refractivity contribution >= 4 is 29.3 Å². The second-order valence-electron chi connectivity index (χ2n) is 3.79. The molecule has 0 aliphatic carbocycles. The zero-order valence-electron chi connectivity index (χ0n) is 11.0. The molecule has 0 aromatic heterocycles. The summed E-state index contributed by atoms with van der Waals surface area (Å²) in [4.78, 5) is 33.3. The van der Waals surface area contributed by atoms with E-state index >= 15 is 0 Å². The van der Waals surface area contributed by atoms with E-state index in [4.69, 9.17) is 4.74 Å². The first-order valence-corrected chi connectivity index (χ1v) is 6.60. The standard InChI is InChI=1S/C12H14N2O5S/c1-8(12(16)19-7-11(15)13-2)20-10-5-3-9(4-6-10)14(17)18/h3-6,8H,7H2,1-2H3,(H,13,15)/t8-/m1/s1. The molecule has 0 saturated heterocycles. The first kappa shape index (κ1) is 16.0. The van der Waals surface area contributed by atoms with Gasteiger partial charge in [-0.05, 0) is 19.1 Å². The lowest BCUT2D eigenvalue weighted by atomic mass is 10.3. The Labute approximate surface area is 119 Å². The van der Waals surface area contributed by atoms with Gasteiger partial charge in [0.1, 0.15) is 5.25 Å².